The molecule has 5 nitrogen and oxygen atoms in total. The number of fused-ring (bicyclic) bond motifs is 1. The molecular weight excluding hydrogens is 338 g/mol. The molecule has 0 atom stereocenters. The first kappa shape index (κ1) is 19.0. The summed E-state index contributed by atoms with van der Waals surface area (Å²) in [5.41, 5.74) is 4.53. The van der Waals surface area contributed by atoms with Gasteiger partial charge in [0.2, 0.25) is 5.91 Å². The summed E-state index contributed by atoms with van der Waals surface area (Å²) in [4.78, 5) is 15.8. The second-order valence-electron chi connectivity index (χ2n) is 6.93. The molecule has 2 aromatic carbocycles. The quantitative estimate of drug-likeness (QED) is 0.618. The minimum atomic E-state index is 0.00495. The average Bonchev–Trinajstić information content (AvgIpc) is 2.96. The molecule has 27 heavy (non-hydrogen) atoms. The van der Waals surface area contributed by atoms with Crippen molar-refractivity contribution in [1.82, 2.24) is 14.9 Å². The van der Waals surface area contributed by atoms with Crippen LogP contribution in [-0.2, 0) is 17.8 Å². The molecule has 0 saturated heterocycles. The topological polar surface area (TPSA) is 56.2 Å². The van der Waals surface area contributed by atoms with Crippen molar-refractivity contribution in [1.29, 1.82) is 0 Å². The summed E-state index contributed by atoms with van der Waals surface area (Å²) in [7, 11) is 0. The van der Waals surface area contributed by atoms with Crippen molar-refractivity contribution < 1.29 is 9.53 Å². The van der Waals surface area contributed by atoms with Crippen LogP contribution in [0.1, 0.15) is 30.3 Å². The molecular formula is C22H27N3O2. The first-order valence-corrected chi connectivity index (χ1v) is 9.42. The van der Waals surface area contributed by atoms with Crippen molar-refractivity contribution in [3.05, 3.63) is 59.4 Å². The van der Waals surface area contributed by atoms with Crippen molar-refractivity contribution in [2.45, 2.75) is 40.2 Å². The number of hydrogen-bond acceptors (Lipinski definition) is 3. The van der Waals surface area contributed by atoms with E-state index < -0.39 is 0 Å². The Kier molecular flexibility index (Phi) is 6.12. The van der Waals surface area contributed by atoms with Crippen LogP contribution in [0.2, 0.25) is 0 Å². The fourth-order valence-corrected chi connectivity index (χ4v) is 3.35. The number of hydrogen-bond donors (Lipinski definition) is 1. The highest BCUT2D eigenvalue weighted by molar-refractivity contribution is 5.76. The lowest BCUT2D eigenvalue weighted by Crippen LogP contribution is -2.21. The zero-order chi connectivity index (χ0) is 19.2. The highest BCUT2D eigenvalue weighted by atomic mass is 16.5. The molecule has 0 radical (unpaired) electrons. The van der Waals surface area contributed by atoms with Gasteiger partial charge in [-0.25, -0.2) is 4.98 Å². The van der Waals surface area contributed by atoms with Gasteiger partial charge in [-0.05, 0) is 55.7 Å². The second kappa shape index (κ2) is 8.71. The van der Waals surface area contributed by atoms with Crippen LogP contribution < -0.4 is 10.1 Å². The molecule has 3 aromatic rings. The Morgan fingerprint density at radius 1 is 1.15 bits per heavy atom. The molecule has 0 aliphatic rings. The molecule has 0 saturated carbocycles. The molecule has 0 spiro atoms. The van der Waals surface area contributed by atoms with E-state index in [2.05, 4.69) is 48.0 Å². The minimum absolute atomic E-state index is 0.00495. The summed E-state index contributed by atoms with van der Waals surface area (Å²) in [6.07, 6.45) is 1.68. The predicted molar refractivity (Wildman–Crippen MR) is 108 cm³/mol. The van der Waals surface area contributed by atoms with Crippen LogP contribution in [-0.4, -0.2) is 28.6 Å². The zero-order valence-electron chi connectivity index (χ0n) is 16.3. The highest BCUT2D eigenvalue weighted by Crippen LogP contribution is 2.19. The van der Waals surface area contributed by atoms with Crippen molar-refractivity contribution >= 4 is 16.9 Å². The molecule has 0 unspecified atom stereocenters. The molecule has 0 bridgehead atoms. The number of benzene rings is 2. The second-order valence-corrected chi connectivity index (χ2v) is 6.93. The molecule has 1 N–H and O–H groups in total. The fraction of sp³-hybridized carbons (Fsp3) is 0.364. The standard InChI is InChI=1S/C22H27N3O2/c1-16-13-17(2)15-19(14-16)27-12-11-25-21-8-5-4-7-20(21)24-22(25)9-6-10-23-18(3)26/h4-5,7-8,13-15H,6,9-12H2,1-3H3,(H,23,26). The third kappa shape index (κ3) is 5.09. The third-order valence-corrected chi connectivity index (χ3v) is 4.46. The first-order valence-electron chi connectivity index (χ1n) is 9.42. The molecule has 1 amide bonds. The SMILES string of the molecule is CC(=O)NCCCc1nc2ccccc2n1CCOc1cc(C)cc(C)c1. The molecule has 0 fully saturated rings. The van der Waals surface area contributed by atoms with Gasteiger partial charge in [-0.3, -0.25) is 4.79 Å². The third-order valence-electron chi connectivity index (χ3n) is 4.46. The number of aromatic nitrogens is 2. The lowest BCUT2D eigenvalue weighted by atomic mass is 10.1. The summed E-state index contributed by atoms with van der Waals surface area (Å²) in [5.74, 6) is 1.94. The lowest BCUT2D eigenvalue weighted by Gasteiger charge is -2.12. The maximum absolute atomic E-state index is 11.0. The normalized spacial score (nSPS) is 10.9. The Balaban J connectivity index is 1.69. The van der Waals surface area contributed by atoms with Gasteiger partial charge in [0.15, 0.2) is 0 Å². The number of nitrogens with zero attached hydrogens (tertiary/aromatic N) is 2. The summed E-state index contributed by atoms with van der Waals surface area (Å²) in [6.45, 7) is 7.69. The Morgan fingerprint density at radius 2 is 1.89 bits per heavy atom. The van der Waals surface area contributed by atoms with E-state index in [1.165, 1.54) is 11.1 Å². The first-order chi connectivity index (χ1) is 13.0. The zero-order valence-corrected chi connectivity index (χ0v) is 16.3. The van der Waals surface area contributed by atoms with Gasteiger partial charge in [0.05, 0.1) is 17.6 Å². The maximum Gasteiger partial charge on any atom is 0.216 e. The van der Waals surface area contributed by atoms with Crippen LogP contribution in [0.15, 0.2) is 42.5 Å². The Hall–Kier alpha value is -2.82. The number of aryl methyl sites for hydroxylation is 3. The predicted octanol–water partition coefficient (Wildman–Crippen LogP) is 3.80. The Bertz CT molecular complexity index is 910. The molecule has 1 aromatic heterocycles. The van der Waals surface area contributed by atoms with E-state index in [4.69, 9.17) is 9.72 Å². The number of carbonyl (C=O) groups is 1. The van der Waals surface area contributed by atoms with E-state index in [0.29, 0.717) is 13.2 Å². The van der Waals surface area contributed by atoms with Gasteiger partial charge in [-0.2, -0.15) is 0 Å². The van der Waals surface area contributed by atoms with E-state index in [0.717, 1.165) is 42.0 Å². The van der Waals surface area contributed by atoms with Crippen molar-refractivity contribution in [3.8, 4) is 5.75 Å². The van der Waals surface area contributed by atoms with E-state index in [-0.39, 0.29) is 5.91 Å². The van der Waals surface area contributed by atoms with Crippen molar-refractivity contribution in [2.24, 2.45) is 0 Å². The van der Waals surface area contributed by atoms with Gasteiger partial charge in [0, 0.05) is 19.9 Å². The van der Waals surface area contributed by atoms with E-state index >= 15 is 0 Å². The van der Waals surface area contributed by atoms with Gasteiger partial charge in [0.25, 0.3) is 0 Å². The number of rotatable bonds is 8. The summed E-state index contributed by atoms with van der Waals surface area (Å²) < 4.78 is 8.22. The highest BCUT2D eigenvalue weighted by Gasteiger charge is 2.10. The van der Waals surface area contributed by atoms with E-state index in [1.807, 2.05) is 18.2 Å². The molecule has 3 rings (SSSR count). The van der Waals surface area contributed by atoms with E-state index in [1.54, 1.807) is 6.92 Å². The number of amides is 1. The minimum Gasteiger partial charge on any atom is -0.492 e. The Morgan fingerprint density at radius 3 is 2.63 bits per heavy atom. The van der Waals surface area contributed by atoms with Gasteiger partial charge in [-0.1, -0.05) is 18.2 Å². The van der Waals surface area contributed by atoms with Crippen LogP contribution in [0, 0.1) is 13.8 Å². The smallest absolute Gasteiger partial charge is 0.216 e. The summed E-state index contributed by atoms with van der Waals surface area (Å²) in [6, 6.07) is 14.4. The van der Waals surface area contributed by atoms with Crippen molar-refractivity contribution in [3.63, 3.8) is 0 Å². The van der Waals surface area contributed by atoms with Crippen LogP contribution >= 0.6 is 0 Å². The van der Waals surface area contributed by atoms with Crippen LogP contribution in [0.4, 0.5) is 0 Å². The number of carbonyl (C=O) groups excluding carboxylic acids is 1. The monoisotopic (exact) mass is 365 g/mol. The molecule has 1 heterocycles. The van der Waals surface area contributed by atoms with Crippen LogP contribution in [0.5, 0.6) is 5.75 Å². The molecule has 142 valence electrons. The van der Waals surface area contributed by atoms with Crippen LogP contribution in [0.3, 0.4) is 0 Å². The van der Waals surface area contributed by atoms with Crippen LogP contribution in [0.25, 0.3) is 11.0 Å². The molecule has 0 aliphatic carbocycles. The number of ether oxygens (including phenoxy) is 1. The summed E-state index contributed by atoms with van der Waals surface area (Å²) >= 11 is 0. The molecule has 5 heteroatoms. The lowest BCUT2D eigenvalue weighted by molar-refractivity contribution is -0.118. The Labute approximate surface area is 160 Å². The average molecular weight is 365 g/mol. The van der Waals surface area contributed by atoms with Gasteiger partial charge < -0.3 is 14.6 Å². The van der Waals surface area contributed by atoms with Gasteiger partial charge in [-0.15, -0.1) is 0 Å². The number of para-hydroxylation sites is 2. The van der Waals surface area contributed by atoms with Gasteiger partial charge in [0.1, 0.15) is 18.2 Å². The number of imidazole rings is 1. The maximum atomic E-state index is 11.0. The fourth-order valence-electron chi connectivity index (χ4n) is 3.35. The number of nitrogens with one attached hydrogen (secondary N) is 1. The van der Waals surface area contributed by atoms with Crippen molar-refractivity contribution in [2.75, 3.05) is 13.2 Å². The molecule has 0 aliphatic heterocycles. The van der Waals surface area contributed by atoms with Gasteiger partial charge >= 0.3 is 0 Å². The summed E-state index contributed by atoms with van der Waals surface area (Å²) in [5, 5.41) is 2.84. The largest absolute Gasteiger partial charge is 0.492 e. The van der Waals surface area contributed by atoms with E-state index in [9.17, 15) is 4.79 Å².